The standard InChI is InChI=1S/C13H16N4/c1-3-11-9(2)13(14)17-12(16-11)8-10-4-6-15-7-5-10/h4-7H,3,8H2,1-2H3,(H2,14,16,17). The third-order valence-corrected chi connectivity index (χ3v) is 2.78. The molecule has 4 nitrogen and oxygen atoms in total. The number of hydrogen-bond donors (Lipinski definition) is 1. The van der Waals surface area contributed by atoms with Gasteiger partial charge in [-0.15, -0.1) is 0 Å². The van der Waals surface area contributed by atoms with E-state index in [0.29, 0.717) is 12.2 Å². The van der Waals surface area contributed by atoms with E-state index in [2.05, 4.69) is 21.9 Å². The Hall–Kier alpha value is -1.97. The van der Waals surface area contributed by atoms with E-state index in [-0.39, 0.29) is 0 Å². The van der Waals surface area contributed by atoms with Gasteiger partial charge in [0, 0.05) is 30.1 Å². The van der Waals surface area contributed by atoms with Crippen LogP contribution in [0.5, 0.6) is 0 Å². The SMILES string of the molecule is CCc1nc(Cc2ccncc2)nc(N)c1C. The van der Waals surface area contributed by atoms with Gasteiger partial charge in [-0.1, -0.05) is 6.92 Å². The molecule has 2 aromatic heterocycles. The van der Waals surface area contributed by atoms with Crippen LogP contribution in [-0.2, 0) is 12.8 Å². The lowest BCUT2D eigenvalue weighted by atomic mass is 10.1. The highest BCUT2D eigenvalue weighted by Crippen LogP contribution is 2.14. The van der Waals surface area contributed by atoms with Gasteiger partial charge in [-0.3, -0.25) is 4.98 Å². The van der Waals surface area contributed by atoms with Gasteiger partial charge in [0.2, 0.25) is 0 Å². The summed E-state index contributed by atoms with van der Waals surface area (Å²) in [6.07, 6.45) is 5.11. The topological polar surface area (TPSA) is 64.7 Å². The highest BCUT2D eigenvalue weighted by Gasteiger charge is 2.07. The van der Waals surface area contributed by atoms with E-state index in [1.54, 1.807) is 12.4 Å². The second-order valence-electron chi connectivity index (χ2n) is 3.98. The Morgan fingerprint density at radius 3 is 2.53 bits per heavy atom. The maximum atomic E-state index is 5.89. The zero-order valence-electron chi connectivity index (χ0n) is 10.1. The molecule has 0 aliphatic rings. The summed E-state index contributed by atoms with van der Waals surface area (Å²) in [5.41, 5.74) is 9.05. The molecule has 2 heterocycles. The van der Waals surface area contributed by atoms with Gasteiger partial charge in [0.05, 0.1) is 0 Å². The lowest BCUT2D eigenvalue weighted by molar-refractivity contribution is 0.893. The molecule has 0 unspecified atom stereocenters. The number of nitrogens with zero attached hydrogens (tertiary/aromatic N) is 3. The first-order valence-electron chi connectivity index (χ1n) is 5.71. The van der Waals surface area contributed by atoms with Crippen LogP contribution in [0.3, 0.4) is 0 Å². The molecule has 0 fully saturated rings. The van der Waals surface area contributed by atoms with E-state index in [1.165, 1.54) is 0 Å². The van der Waals surface area contributed by atoms with Crippen molar-refractivity contribution in [2.45, 2.75) is 26.7 Å². The van der Waals surface area contributed by atoms with Gasteiger partial charge < -0.3 is 5.73 Å². The molecule has 0 bridgehead atoms. The van der Waals surface area contributed by atoms with Gasteiger partial charge >= 0.3 is 0 Å². The zero-order valence-corrected chi connectivity index (χ0v) is 10.1. The molecular weight excluding hydrogens is 212 g/mol. The molecule has 0 saturated carbocycles. The van der Waals surface area contributed by atoms with Crippen LogP contribution in [-0.4, -0.2) is 15.0 Å². The van der Waals surface area contributed by atoms with Crippen molar-refractivity contribution in [2.75, 3.05) is 5.73 Å². The first kappa shape index (κ1) is 11.5. The van der Waals surface area contributed by atoms with Crippen LogP contribution in [0.1, 0.15) is 29.6 Å². The molecular formula is C13H16N4. The van der Waals surface area contributed by atoms with E-state index in [0.717, 1.165) is 29.1 Å². The summed E-state index contributed by atoms with van der Waals surface area (Å²) < 4.78 is 0. The normalized spacial score (nSPS) is 10.5. The van der Waals surface area contributed by atoms with Gasteiger partial charge in [-0.25, -0.2) is 9.97 Å². The highest BCUT2D eigenvalue weighted by molar-refractivity contribution is 5.41. The van der Waals surface area contributed by atoms with Crippen molar-refractivity contribution in [2.24, 2.45) is 0 Å². The number of anilines is 1. The number of aryl methyl sites for hydroxylation is 1. The third kappa shape index (κ3) is 2.58. The molecule has 2 rings (SSSR count). The summed E-state index contributed by atoms with van der Waals surface area (Å²) in [4.78, 5) is 12.8. The summed E-state index contributed by atoms with van der Waals surface area (Å²) in [5.74, 6) is 1.36. The average Bonchev–Trinajstić information content (AvgIpc) is 2.35. The van der Waals surface area contributed by atoms with E-state index >= 15 is 0 Å². The second-order valence-corrected chi connectivity index (χ2v) is 3.98. The quantitative estimate of drug-likeness (QED) is 0.871. The fourth-order valence-corrected chi connectivity index (χ4v) is 1.74. The smallest absolute Gasteiger partial charge is 0.135 e. The highest BCUT2D eigenvalue weighted by atomic mass is 15.0. The largest absolute Gasteiger partial charge is 0.383 e. The van der Waals surface area contributed by atoms with Crippen molar-refractivity contribution in [1.82, 2.24) is 15.0 Å². The average molecular weight is 228 g/mol. The molecule has 0 amide bonds. The van der Waals surface area contributed by atoms with Crippen molar-refractivity contribution in [3.8, 4) is 0 Å². The van der Waals surface area contributed by atoms with Crippen molar-refractivity contribution in [3.63, 3.8) is 0 Å². The van der Waals surface area contributed by atoms with E-state index < -0.39 is 0 Å². The Morgan fingerprint density at radius 2 is 1.88 bits per heavy atom. The zero-order chi connectivity index (χ0) is 12.3. The van der Waals surface area contributed by atoms with Gasteiger partial charge in [0.15, 0.2) is 0 Å². The Bertz CT molecular complexity index is 508. The molecule has 88 valence electrons. The van der Waals surface area contributed by atoms with E-state index in [4.69, 9.17) is 5.73 Å². The molecule has 0 atom stereocenters. The Labute approximate surface area is 101 Å². The number of pyridine rings is 1. The molecule has 2 aromatic rings. The predicted octanol–water partition coefficient (Wildman–Crippen LogP) is 1.92. The number of aromatic nitrogens is 3. The molecule has 17 heavy (non-hydrogen) atoms. The Balaban J connectivity index is 2.31. The van der Waals surface area contributed by atoms with Crippen LogP contribution in [0.4, 0.5) is 5.82 Å². The fourth-order valence-electron chi connectivity index (χ4n) is 1.74. The summed E-state index contributed by atoms with van der Waals surface area (Å²) in [7, 11) is 0. The minimum absolute atomic E-state index is 0.584. The molecule has 0 aromatic carbocycles. The lowest BCUT2D eigenvalue weighted by Crippen LogP contribution is -2.07. The third-order valence-electron chi connectivity index (χ3n) is 2.78. The summed E-state index contributed by atoms with van der Waals surface area (Å²) in [5, 5.41) is 0. The Morgan fingerprint density at radius 1 is 1.18 bits per heavy atom. The first-order valence-corrected chi connectivity index (χ1v) is 5.71. The lowest BCUT2D eigenvalue weighted by Gasteiger charge is -2.08. The van der Waals surface area contributed by atoms with Crippen molar-refractivity contribution < 1.29 is 0 Å². The minimum Gasteiger partial charge on any atom is -0.383 e. The van der Waals surface area contributed by atoms with Crippen LogP contribution in [0.15, 0.2) is 24.5 Å². The van der Waals surface area contributed by atoms with Gasteiger partial charge in [0.1, 0.15) is 11.6 Å². The van der Waals surface area contributed by atoms with Crippen molar-refractivity contribution >= 4 is 5.82 Å². The van der Waals surface area contributed by atoms with Crippen molar-refractivity contribution in [3.05, 3.63) is 47.2 Å². The van der Waals surface area contributed by atoms with E-state index in [1.807, 2.05) is 19.1 Å². The number of rotatable bonds is 3. The predicted molar refractivity (Wildman–Crippen MR) is 67.6 cm³/mol. The summed E-state index contributed by atoms with van der Waals surface area (Å²) >= 11 is 0. The summed E-state index contributed by atoms with van der Waals surface area (Å²) in [6, 6.07) is 3.93. The van der Waals surface area contributed by atoms with Crippen LogP contribution >= 0.6 is 0 Å². The molecule has 4 heteroatoms. The van der Waals surface area contributed by atoms with Crippen LogP contribution in [0, 0.1) is 6.92 Å². The maximum absolute atomic E-state index is 5.89. The Kier molecular flexibility index (Phi) is 3.32. The second kappa shape index (κ2) is 4.91. The molecule has 0 saturated heterocycles. The fraction of sp³-hybridized carbons (Fsp3) is 0.308. The van der Waals surface area contributed by atoms with Gasteiger partial charge in [0.25, 0.3) is 0 Å². The maximum Gasteiger partial charge on any atom is 0.135 e. The van der Waals surface area contributed by atoms with Gasteiger partial charge in [-0.2, -0.15) is 0 Å². The molecule has 0 radical (unpaired) electrons. The molecule has 0 aliphatic carbocycles. The monoisotopic (exact) mass is 228 g/mol. The molecule has 2 N–H and O–H groups in total. The van der Waals surface area contributed by atoms with Crippen LogP contribution in [0.25, 0.3) is 0 Å². The van der Waals surface area contributed by atoms with Crippen LogP contribution in [0.2, 0.25) is 0 Å². The van der Waals surface area contributed by atoms with Crippen LogP contribution < -0.4 is 5.73 Å². The molecule has 0 aliphatic heterocycles. The van der Waals surface area contributed by atoms with Crippen molar-refractivity contribution in [1.29, 1.82) is 0 Å². The molecule has 0 spiro atoms. The first-order chi connectivity index (χ1) is 8.20. The van der Waals surface area contributed by atoms with E-state index in [9.17, 15) is 0 Å². The number of hydrogen-bond acceptors (Lipinski definition) is 4. The van der Waals surface area contributed by atoms with Gasteiger partial charge in [-0.05, 0) is 31.0 Å². The minimum atomic E-state index is 0.584. The summed E-state index contributed by atoms with van der Waals surface area (Å²) in [6.45, 7) is 4.04. The number of nitrogens with two attached hydrogens (primary N) is 1. The number of nitrogen functional groups attached to an aromatic ring is 1.